The number of ether oxygens (including phenoxy) is 2. The first-order valence-corrected chi connectivity index (χ1v) is 11.3. The van der Waals surface area contributed by atoms with Gasteiger partial charge in [0, 0.05) is 31.2 Å². The second kappa shape index (κ2) is 9.25. The Morgan fingerprint density at radius 2 is 1.97 bits per heavy atom. The van der Waals surface area contributed by atoms with Gasteiger partial charge in [-0.3, -0.25) is 0 Å². The van der Waals surface area contributed by atoms with E-state index in [0.717, 1.165) is 43.6 Å². The van der Waals surface area contributed by atoms with Crippen LogP contribution in [-0.4, -0.2) is 75.0 Å². The summed E-state index contributed by atoms with van der Waals surface area (Å²) in [5.41, 5.74) is 1.81. The third-order valence-corrected chi connectivity index (χ3v) is 5.71. The van der Waals surface area contributed by atoms with Crippen molar-refractivity contribution < 1.29 is 14.3 Å². The van der Waals surface area contributed by atoms with Gasteiger partial charge in [0.05, 0.1) is 12.3 Å². The monoisotopic (exact) mass is 431 g/mol. The lowest BCUT2D eigenvalue weighted by Crippen LogP contribution is -2.44. The molecule has 0 unspecified atom stereocenters. The molecule has 2 aromatic rings. The Morgan fingerprint density at radius 1 is 1.19 bits per heavy atom. The molecule has 0 aromatic carbocycles. The molecule has 2 saturated heterocycles. The highest BCUT2D eigenvalue weighted by molar-refractivity contribution is 5.68. The second-order valence-electron chi connectivity index (χ2n) is 8.89. The van der Waals surface area contributed by atoms with Gasteiger partial charge in [0.25, 0.3) is 0 Å². The fourth-order valence-corrected chi connectivity index (χ4v) is 3.97. The molecule has 10 nitrogen and oxygen atoms in total. The van der Waals surface area contributed by atoms with E-state index in [2.05, 4.69) is 39.5 Å². The summed E-state index contributed by atoms with van der Waals surface area (Å²) in [5, 5.41) is 11.2. The molecule has 0 bridgehead atoms. The number of nitrogens with zero attached hydrogens (tertiary/aromatic N) is 5. The van der Waals surface area contributed by atoms with Crippen molar-refractivity contribution in [1.82, 2.24) is 29.8 Å². The predicted molar refractivity (Wildman–Crippen MR) is 117 cm³/mol. The molecule has 2 aliphatic rings. The van der Waals surface area contributed by atoms with Crippen LogP contribution in [0.15, 0.2) is 6.20 Å². The number of piperidine rings is 1. The van der Waals surface area contributed by atoms with E-state index in [4.69, 9.17) is 9.47 Å². The third-order valence-electron chi connectivity index (χ3n) is 5.71. The van der Waals surface area contributed by atoms with Crippen LogP contribution in [-0.2, 0) is 4.74 Å². The number of likely N-dealkylation sites (tertiary alicyclic amines) is 1. The average molecular weight is 432 g/mol. The zero-order valence-corrected chi connectivity index (χ0v) is 18.8. The van der Waals surface area contributed by atoms with Crippen LogP contribution < -0.4 is 15.4 Å². The maximum absolute atomic E-state index is 12.4. The number of rotatable bonds is 6. The summed E-state index contributed by atoms with van der Waals surface area (Å²) in [6, 6.07) is 0.521. The first-order chi connectivity index (χ1) is 14.9. The summed E-state index contributed by atoms with van der Waals surface area (Å²) < 4.78 is 13.1. The number of anilines is 1. The number of hydrogen-bond acceptors (Lipinski definition) is 8. The molecular formula is C21H33N7O3. The van der Waals surface area contributed by atoms with Gasteiger partial charge in [0.1, 0.15) is 6.10 Å². The Labute approximate surface area is 182 Å². The van der Waals surface area contributed by atoms with Crippen molar-refractivity contribution >= 4 is 17.7 Å². The third kappa shape index (κ3) is 5.00. The van der Waals surface area contributed by atoms with Crippen molar-refractivity contribution in [2.24, 2.45) is 0 Å². The Bertz CT molecular complexity index is 900. The molecule has 1 atom stereocenters. The van der Waals surface area contributed by atoms with Gasteiger partial charge in [0.15, 0.2) is 5.65 Å². The van der Waals surface area contributed by atoms with Gasteiger partial charge in [-0.05, 0) is 45.6 Å². The maximum atomic E-state index is 12.4. The van der Waals surface area contributed by atoms with Gasteiger partial charge in [0.2, 0.25) is 5.95 Å². The van der Waals surface area contributed by atoms with Crippen LogP contribution in [0.4, 0.5) is 10.7 Å². The van der Waals surface area contributed by atoms with Crippen LogP contribution in [0.2, 0.25) is 0 Å². The molecule has 2 fully saturated rings. The lowest BCUT2D eigenvalue weighted by Gasteiger charge is -2.32. The SMILES string of the molecule is CC(C)Oc1nc(NC2CCN(C(=O)O[C@H]3CCNC3)CC2)n2ncc(C(C)C)c2n1. The van der Waals surface area contributed by atoms with Crippen molar-refractivity contribution in [2.45, 2.75) is 71.1 Å². The molecule has 0 spiro atoms. The van der Waals surface area contributed by atoms with E-state index in [1.54, 1.807) is 9.42 Å². The van der Waals surface area contributed by atoms with E-state index >= 15 is 0 Å². The quantitative estimate of drug-likeness (QED) is 0.718. The predicted octanol–water partition coefficient (Wildman–Crippen LogP) is 2.41. The van der Waals surface area contributed by atoms with E-state index in [0.29, 0.717) is 25.0 Å². The first-order valence-electron chi connectivity index (χ1n) is 11.3. The largest absolute Gasteiger partial charge is 0.461 e. The zero-order valence-electron chi connectivity index (χ0n) is 18.8. The van der Waals surface area contributed by atoms with Gasteiger partial charge in [-0.15, -0.1) is 0 Å². The minimum Gasteiger partial charge on any atom is -0.461 e. The number of aromatic nitrogens is 4. The maximum Gasteiger partial charge on any atom is 0.410 e. The van der Waals surface area contributed by atoms with Crippen molar-refractivity contribution in [3.8, 4) is 6.01 Å². The minimum atomic E-state index is -0.210. The molecule has 1 amide bonds. The summed E-state index contributed by atoms with van der Waals surface area (Å²) >= 11 is 0. The zero-order chi connectivity index (χ0) is 22.0. The Kier molecular flexibility index (Phi) is 6.45. The molecule has 2 N–H and O–H groups in total. The molecule has 4 rings (SSSR count). The van der Waals surface area contributed by atoms with Crippen molar-refractivity contribution in [3.63, 3.8) is 0 Å². The molecule has 31 heavy (non-hydrogen) atoms. The van der Waals surface area contributed by atoms with Crippen LogP contribution in [0.25, 0.3) is 5.65 Å². The highest BCUT2D eigenvalue weighted by atomic mass is 16.6. The lowest BCUT2D eigenvalue weighted by atomic mass is 10.1. The fourth-order valence-electron chi connectivity index (χ4n) is 3.97. The summed E-state index contributed by atoms with van der Waals surface area (Å²) in [5.74, 6) is 0.905. The molecule has 0 radical (unpaired) electrons. The van der Waals surface area contributed by atoms with Crippen LogP contribution >= 0.6 is 0 Å². The van der Waals surface area contributed by atoms with Gasteiger partial charge >= 0.3 is 12.1 Å². The van der Waals surface area contributed by atoms with E-state index in [9.17, 15) is 4.79 Å². The number of fused-ring (bicyclic) bond motifs is 1. The van der Waals surface area contributed by atoms with Crippen LogP contribution in [0.1, 0.15) is 58.4 Å². The van der Waals surface area contributed by atoms with Gasteiger partial charge in [-0.25, -0.2) is 4.79 Å². The van der Waals surface area contributed by atoms with Gasteiger partial charge < -0.3 is 25.0 Å². The Morgan fingerprint density at radius 3 is 2.61 bits per heavy atom. The van der Waals surface area contributed by atoms with Crippen LogP contribution in [0, 0.1) is 0 Å². The number of carbonyl (C=O) groups excluding carboxylic acids is 1. The standard InChI is InChI=1S/C21H33N7O3/c1-13(2)17-12-23-28-18(17)25-20(30-14(3)4)26-19(28)24-15-6-9-27(10-7-15)21(29)31-16-5-8-22-11-16/h12-16,22H,5-11H2,1-4H3,(H,24,25,26)/t16-/m0/s1. The minimum absolute atomic E-state index is 0.00741. The highest BCUT2D eigenvalue weighted by Gasteiger charge is 2.28. The number of hydrogen-bond donors (Lipinski definition) is 2. The van der Waals surface area contributed by atoms with Gasteiger partial charge in [-0.1, -0.05) is 13.8 Å². The van der Waals surface area contributed by atoms with Crippen molar-refractivity contribution in [3.05, 3.63) is 11.8 Å². The highest BCUT2D eigenvalue weighted by Crippen LogP contribution is 2.24. The van der Waals surface area contributed by atoms with Gasteiger partial charge in [-0.2, -0.15) is 19.6 Å². The second-order valence-corrected chi connectivity index (χ2v) is 8.89. The molecule has 2 aliphatic heterocycles. The first kappa shape index (κ1) is 21.6. The number of amides is 1. The fraction of sp³-hybridized carbons (Fsp3) is 0.714. The molecule has 0 aliphatic carbocycles. The molecule has 4 heterocycles. The van der Waals surface area contributed by atoms with Crippen molar-refractivity contribution in [2.75, 3.05) is 31.5 Å². The molecule has 170 valence electrons. The molecule has 10 heteroatoms. The summed E-state index contributed by atoms with van der Waals surface area (Å²) in [6.07, 6.45) is 4.10. The molecule has 2 aromatic heterocycles. The van der Waals surface area contributed by atoms with Crippen molar-refractivity contribution in [1.29, 1.82) is 0 Å². The van der Waals surface area contributed by atoms with Crippen LogP contribution in [0.5, 0.6) is 6.01 Å². The summed E-state index contributed by atoms with van der Waals surface area (Å²) in [7, 11) is 0. The number of nitrogens with one attached hydrogen (secondary N) is 2. The number of carbonyl (C=O) groups is 1. The Hall–Kier alpha value is -2.62. The van der Waals surface area contributed by atoms with E-state index in [1.165, 1.54) is 0 Å². The van der Waals surface area contributed by atoms with E-state index < -0.39 is 0 Å². The lowest BCUT2D eigenvalue weighted by molar-refractivity contribution is 0.0640. The Balaban J connectivity index is 1.44. The topological polar surface area (TPSA) is 106 Å². The van der Waals surface area contributed by atoms with E-state index in [1.807, 2.05) is 20.0 Å². The summed E-state index contributed by atoms with van der Waals surface area (Å²) in [6.45, 7) is 11.1. The van der Waals surface area contributed by atoms with Crippen LogP contribution in [0.3, 0.4) is 0 Å². The smallest absolute Gasteiger partial charge is 0.410 e. The molecular weight excluding hydrogens is 398 g/mol. The van der Waals surface area contributed by atoms with E-state index in [-0.39, 0.29) is 30.3 Å². The average Bonchev–Trinajstić information content (AvgIpc) is 3.38. The normalized spacial score (nSPS) is 20.1. The summed E-state index contributed by atoms with van der Waals surface area (Å²) in [4.78, 5) is 23.4. The molecule has 0 saturated carbocycles.